The van der Waals surface area contributed by atoms with Gasteiger partial charge in [0.15, 0.2) is 11.6 Å². The molecule has 0 radical (unpaired) electrons. The summed E-state index contributed by atoms with van der Waals surface area (Å²) in [4.78, 5) is 12.0. The average molecular weight is 394 g/mol. The first-order chi connectivity index (χ1) is 14.3. The highest BCUT2D eigenvalue weighted by Gasteiger charge is 2.27. The summed E-state index contributed by atoms with van der Waals surface area (Å²) in [5.41, 5.74) is 4.21. The fourth-order valence-electron chi connectivity index (χ4n) is 4.41. The molecule has 0 spiro atoms. The smallest absolute Gasteiger partial charge is 0.227 e. The van der Waals surface area contributed by atoms with Crippen molar-refractivity contribution in [3.8, 4) is 11.4 Å². The van der Waals surface area contributed by atoms with Gasteiger partial charge in [-0.15, -0.1) is 0 Å². The summed E-state index contributed by atoms with van der Waals surface area (Å²) in [5.74, 6) is 1.83. The van der Waals surface area contributed by atoms with Crippen LogP contribution in [0.4, 0.5) is 5.82 Å². The molecular formula is C22H26N4O3. The molecule has 1 aromatic carbocycles. The van der Waals surface area contributed by atoms with Crippen molar-refractivity contribution in [2.45, 2.75) is 44.6 Å². The van der Waals surface area contributed by atoms with E-state index in [0.29, 0.717) is 30.5 Å². The van der Waals surface area contributed by atoms with Crippen molar-refractivity contribution in [3.63, 3.8) is 0 Å². The zero-order chi connectivity index (χ0) is 19.6. The second-order valence-electron chi connectivity index (χ2n) is 7.91. The second-order valence-corrected chi connectivity index (χ2v) is 7.91. The van der Waals surface area contributed by atoms with Gasteiger partial charge in [0, 0.05) is 24.6 Å². The summed E-state index contributed by atoms with van der Waals surface area (Å²) in [6.45, 7) is 2.87. The van der Waals surface area contributed by atoms with E-state index in [4.69, 9.17) is 19.2 Å². The summed E-state index contributed by atoms with van der Waals surface area (Å²) < 4.78 is 11.3. The molecule has 3 aromatic rings. The number of ether oxygens (including phenoxy) is 1. The Morgan fingerprint density at radius 2 is 1.90 bits per heavy atom. The largest absolute Gasteiger partial charge is 0.392 e. The van der Waals surface area contributed by atoms with Crippen LogP contribution in [-0.4, -0.2) is 46.5 Å². The number of nitrogens with zero attached hydrogens (tertiary/aromatic N) is 4. The van der Waals surface area contributed by atoms with Crippen LogP contribution in [0.1, 0.15) is 49.3 Å². The van der Waals surface area contributed by atoms with Crippen LogP contribution in [0.3, 0.4) is 0 Å². The second kappa shape index (κ2) is 8.08. The van der Waals surface area contributed by atoms with E-state index >= 15 is 0 Å². The van der Waals surface area contributed by atoms with Crippen LogP contribution in [0.25, 0.3) is 22.5 Å². The van der Waals surface area contributed by atoms with Crippen molar-refractivity contribution >= 4 is 16.9 Å². The molecule has 0 atom stereocenters. The van der Waals surface area contributed by atoms with Crippen molar-refractivity contribution in [2.75, 3.05) is 31.2 Å². The van der Waals surface area contributed by atoms with Gasteiger partial charge in [-0.25, -0.2) is 9.97 Å². The quantitative estimate of drug-likeness (QED) is 0.723. The topological polar surface area (TPSA) is 84.5 Å². The van der Waals surface area contributed by atoms with Gasteiger partial charge in [-0.3, -0.25) is 0 Å². The Morgan fingerprint density at radius 3 is 2.69 bits per heavy atom. The van der Waals surface area contributed by atoms with Crippen molar-refractivity contribution in [1.29, 1.82) is 0 Å². The molecule has 2 fully saturated rings. The molecule has 1 N–H and O–H groups in total. The van der Waals surface area contributed by atoms with Crippen molar-refractivity contribution < 1.29 is 14.4 Å². The van der Waals surface area contributed by atoms with Gasteiger partial charge >= 0.3 is 0 Å². The monoisotopic (exact) mass is 394 g/mol. The Kier molecular flexibility index (Phi) is 5.16. The van der Waals surface area contributed by atoms with Crippen LogP contribution in [0, 0.1) is 0 Å². The Labute approximate surface area is 169 Å². The number of rotatable bonds is 4. The number of hydrogen-bond donors (Lipinski definition) is 1. The molecule has 0 amide bonds. The maximum atomic E-state index is 9.53. The SMILES string of the molecule is OCc1cccc(-c2nc(N3CCOCC3)c3onc(C4CCCCC4)c3n2)c1. The van der Waals surface area contributed by atoms with Crippen LogP contribution in [0.5, 0.6) is 0 Å². The summed E-state index contributed by atoms with van der Waals surface area (Å²) in [7, 11) is 0. The van der Waals surface area contributed by atoms with Gasteiger partial charge in [-0.05, 0) is 24.5 Å². The lowest BCUT2D eigenvalue weighted by molar-refractivity contribution is 0.122. The highest BCUT2D eigenvalue weighted by molar-refractivity contribution is 5.88. The molecule has 1 aliphatic heterocycles. The normalized spacial score (nSPS) is 18.4. The van der Waals surface area contributed by atoms with E-state index < -0.39 is 0 Å². The molecule has 152 valence electrons. The molecule has 0 bridgehead atoms. The minimum atomic E-state index is -0.00695. The van der Waals surface area contributed by atoms with Crippen LogP contribution in [0.2, 0.25) is 0 Å². The van der Waals surface area contributed by atoms with E-state index in [-0.39, 0.29) is 6.61 Å². The zero-order valence-electron chi connectivity index (χ0n) is 16.5. The van der Waals surface area contributed by atoms with E-state index in [0.717, 1.165) is 54.1 Å². The predicted molar refractivity (Wildman–Crippen MR) is 110 cm³/mol. The standard InChI is InChI=1S/C22H26N4O3/c27-14-15-5-4-8-17(13-15)21-23-19-18(16-6-2-1-3-7-16)25-29-20(19)22(24-21)26-9-11-28-12-10-26/h4-5,8,13,16,27H,1-3,6-7,9-12,14H2. The lowest BCUT2D eigenvalue weighted by Gasteiger charge is -2.27. The molecule has 2 aliphatic rings. The third kappa shape index (κ3) is 3.60. The maximum Gasteiger partial charge on any atom is 0.227 e. The molecule has 3 heterocycles. The number of fused-ring (bicyclic) bond motifs is 1. The van der Waals surface area contributed by atoms with Gasteiger partial charge in [0.05, 0.1) is 19.8 Å². The molecule has 7 nitrogen and oxygen atoms in total. The van der Waals surface area contributed by atoms with Gasteiger partial charge in [0.2, 0.25) is 5.58 Å². The van der Waals surface area contributed by atoms with Gasteiger partial charge in [-0.2, -0.15) is 0 Å². The fourth-order valence-corrected chi connectivity index (χ4v) is 4.41. The number of aromatic nitrogens is 3. The van der Waals surface area contributed by atoms with Crippen molar-refractivity contribution in [1.82, 2.24) is 15.1 Å². The van der Waals surface area contributed by atoms with Crippen molar-refractivity contribution in [2.24, 2.45) is 0 Å². The number of benzene rings is 1. The average Bonchev–Trinajstić information content (AvgIpc) is 3.24. The predicted octanol–water partition coefficient (Wildman–Crippen LogP) is 3.66. The molecule has 1 saturated heterocycles. The summed E-state index contributed by atoms with van der Waals surface area (Å²) in [6, 6.07) is 7.76. The number of aliphatic hydroxyl groups excluding tert-OH is 1. The Morgan fingerprint density at radius 1 is 1.07 bits per heavy atom. The van der Waals surface area contributed by atoms with E-state index in [1.54, 1.807) is 0 Å². The van der Waals surface area contributed by atoms with Gasteiger partial charge in [-0.1, -0.05) is 42.6 Å². The molecule has 5 rings (SSSR count). The van der Waals surface area contributed by atoms with Crippen LogP contribution in [0.15, 0.2) is 28.8 Å². The fraction of sp³-hybridized carbons (Fsp3) is 0.500. The zero-order valence-corrected chi connectivity index (χ0v) is 16.5. The molecule has 2 aromatic heterocycles. The minimum Gasteiger partial charge on any atom is -0.392 e. The van der Waals surface area contributed by atoms with Crippen LogP contribution < -0.4 is 4.90 Å². The Balaban J connectivity index is 1.65. The molecule has 7 heteroatoms. The molecular weight excluding hydrogens is 368 g/mol. The highest BCUT2D eigenvalue weighted by atomic mass is 16.5. The van der Waals surface area contributed by atoms with E-state index in [1.807, 2.05) is 24.3 Å². The Hall–Kier alpha value is -2.51. The number of morpholine rings is 1. The molecule has 0 unspecified atom stereocenters. The summed E-state index contributed by atoms with van der Waals surface area (Å²) >= 11 is 0. The van der Waals surface area contributed by atoms with Crippen LogP contribution in [-0.2, 0) is 11.3 Å². The van der Waals surface area contributed by atoms with Crippen molar-refractivity contribution in [3.05, 3.63) is 35.5 Å². The maximum absolute atomic E-state index is 9.53. The molecule has 1 saturated carbocycles. The lowest BCUT2D eigenvalue weighted by atomic mass is 9.86. The first kappa shape index (κ1) is 18.5. The van der Waals surface area contributed by atoms with Crippen LogP contribution >= 0.6 is 0 Å². The van der Waals surface area contributed by atoms with E-state index in [9.17, 15) is 5.11 Å². The number of aliphatic hydroxyl groups is 1. The molecule has 29 heavy (non-hydrogen) atoms. The highest BCUT2D eigenvalue weighted by Crippen LogP contribution is 2.38. The van der Waals surface area contributed by atoms with E-state index in [1.165, 1.54) is 19.3 Å². The first-order valence-electron chi connectivity index (χ1n) is 10.5. The van der Waals surface area contributed by atoms with Gasteiger partial charge in [0.1, 0.15) is 11.2 Å². The Bertz CT molecular complexity index is 991. The number of anilines is 1. The summed E-state index contributed by atoms with van der Waals surface area (Å²) in [6.07, 6.45) is 6.01. The third-order valence-corrected chi connectivity index (χ3v) is 6.00. The number of hydrogen-bond acceptors (Lipinski definition) is 7. The summed E-state index contributed by atoms with van der Waals surface area (Å²) in [5, 5.41) is 14.0. The van der Waals surface area contributed by atoms with Gasteiger partial charge in [0.25, 0.3) is 0 Å². The third-order valence-electron chi connectivity index (χ3n) is 6.00. The molecule has 1 aliphatic carbocycles. The van der Waals surface area contributed by atoms with Gasteiger partial charge < -0.3 is 19.3 Å². The lowest BCUT2D eigenvalue weighted by Crippen LogP contribution is -2.37. The van der Waals surface area contributed by atoms with E-state index in [2.05, 4.69) is 10.1 Å². The first-order valence-corrected chi connectivity index (χ1v) is 10.5. The minimum absolute atomic E-state index is 0.00695.